The number of nitrogens with two attached hydrogens (primary N) is 1. The molecule has 0 spiro atoms. The summed E-state index contributed by atoms with van der Waals surface area (Å²) in [6.45, 7) is 6.01. The monoisotopic (exact) mass is 393 g/mol. The minimum Gasteiger partial charge on any atom is -0.494 e. The first-order chi connectivity index (χ1) is 14.2. The quantitative estimate of drug-likeness (QED) is 0.521. The van der Waals surface area contributed by atoms with E-state index in [0.29, 0.717) is 26.3 Å². The highest BCUT2D eigenvalue weighted by atomic mass is 16.5. The van der Waals surface area contributed by atoms with Gasteiger partial charge in [-0.05, 0) is 48.9 Å². The van der Waals surface area contributed by atoms with Crippen LogP contribution in [-0.2, 0) is 4.79 Å². The summed E-state index contributed by atoms with van der Waals surface area (Å²) in [7, 11) is 0. The van der Waals surface area contributed by atoms with Crippen LogP contribution in [0.5, 0.6) is 11.5 Å². The van der Waals surface area contributed by atoms with Crippen molar-refractivity contribution < 1.29 is 19.6 Å². The third-order valence-corrected chi connectivity index (χ3v) is 4.80. The lowest BCUT2D eigenvalue weighted by Gasteiger charge is -2.14. The molecule has 5 nitrogen and oxygen atoms in total. The van der Waals surface area contributed by atoms with Crippen molar-refractivity contribution in [3.05, 3.63) is 72.3 Å². The van der Waals surface area contributed by atoms with Crippen molar-refractivity contribution in [1.82, 2.24) is 5.32 Å². The Morgan fingerprint density at radius 3 is 2.41 bits per heavy atom. The fourth-order valence-electron chi connectivity index (χ4n) is 3.29. The number of hydrogen-bond acceptors (Lipinski definition) is 3. The molecule has 0 fully saturated rings. The number of rotatable bonds is 10. The minimum atomic E-state index is 0.00683. The van der Waals surface area contributed by atoms with E-state index in [2.05, 4.69) is 54.0 Å². The Bertz CT molecular complexity index is 920. The number of fused-ring (bicyclic) bond motifs is 1. The highest BCUT2D eigenvalue weighted by molar-refractivity contribution is 5.85. The Morgan fingerprint density at radius 2 is 1.66 bits per heavy atom. The number of ether oxygens (including phenoxy) is 2. The van der Waals surface area contributed by atoms with Gasteiger partial charge in [0.1, 0.15) is 24.1 Å². The van der Waals surface area contributed by atoms with Crippen molar-refractivity contribution in [3.8, 4) is 11.5 Å². The van der Waals surface area contributed by atoms with E-state index in [1.54, 1.807) is 0 Å². The predicted molar refractivity (Wildman–Crippen MR) is 115 cm³/mol. The molecule has 0 saturated carbocycles. The molecule has 0 radical (unpaired) electrons. The van der Waals surface area contributed by atoms with Gasteiger partial charge in [-0.3, -0.25) is 4.79 Å². The van der Waals surface area contributed by atoms with Crippen LogP contribution >= 0.6 is 0 Å². The van der Waals surface area contributed by atoms with Crippen molar-refractivity contribution in [2.45, 2.75) is 19.9 Å². The highest BCUT2D eigenvalue weighted by Gasteiger charge is 2.13. The molecule has 0 saturated heterocycles. The number of quaternary nitrogens is 1. The van der Waals surface area contributed by atoms with Gasteiger partial charge in [-0.25, -0.2) is 0 Å². The van der Waals surface area contributed by atoms with Crippen LogP contribution in [0.15, 0.2) is 66.7 Å². The number of carbonyl (C=O) groups excluding carboxylic acids is 1. The Kier molecular flexibility index (Phi) is 7.47. The van der Waals surface area contributed by atoms with Gasteiger partial charge in [-0.2, -0.15) is 0 Å². The van der Waals surface area contributed by atoms with Crippen molar-refractivity contribution in [2.75, 3.05) is 26.3 Å². The zero-order chi connectivity index (χ0) is 20.5. The number of nitrogens with one attached hydrogen (secondary N) is 1. The predicted octanol–water partition coefficient (Wildman–Crippen LogP) is 3.06. The van der Waals surface area contributed by atoms with Crippen LogP contribution in [0.2, 0.25) is 0 Å². The van der Waals surface area contributed by atoms with E-state index in [9.17, 15) is 4.79 Å². The lowest BCUT2D eigenvalue weighted by atomic mass is 10.00. The van der Waals surface area contributed by atoms with Gasteiger partial charge in [0.2, 0.25) is 0 Å². The second-order valence-corrected chi connectivity index (χ2v) is 6.90. The second kappa shape index (κ2) is 10.5. The van der Waals surface area contributed by atoms with Crippen LogP contribution in [0, 0.1) is 0 Å². The Morgan fingerprint density at radius 1 is 0.966 bits per heavy atom. The maximum Gasteiger partial charge on any atom is 0.275 e. The molecule has 1 atom stereocenters. The topological polar surface area (TPSA) is 64.2 Å². The SMILES string of the molecule is CCOc1ccc(OCCNC(=O)C[NH2+][C@H](C)c2cccc3ccccc23)cc1. The second-order valence-electron chi connectivity index (χ2n) is 6.90. The van der Waals surface area contributed by atoms with Gasteiger partial charge in [0.15, 0.2) is 6.54 Å². The maximum absolute atomic E-state index is 12.2. The summed E-state index contributed by atoms with van der Waals surface area (Å²) in [4.78, 5) is 12.2. The Hall–Kier alpha value is -3.05. The summed E-state index contributed by atoms with van der Waals surface area (Å²) in [5.41, 5.74) is 1.25. The van der Waals surface area contributed by atoms with Crippen LogP contribution < -0.4 is 20.1 Å². The van der Waals surface area contributed by atoms with Gasteiger partial charge in [0, 0.05) is 5.56 Å². The fourth-order valence-corrected chi connectivity index (χ4v) is 3.29. The zero-order valence-corrected chi connectivity index (χ0v) is 17.1. The van der Waals surface area contributed by atoms with Crippen LogP contribution in [0.25, 0.3) is 10.8 Å². The van der Waals surface area contributed by atoms with E-state index in [0.717, 1.165) is 11.5 Å². The number of carbonyl (C=O) groups is 1. The van der Waals surface area contributed by atoms with Gasteiger partial charge in [0.05, 0.1) is 13.2 Å². The van der Waals surface area contributed by atoms with Crippen LogP contribution in [-0.4, -0.2) is 32.2 Å². The molecular weight excluding hydrogens is 364 g/mol. The highest BCUT2D eigenvalue weighted by Crippen LogP contribution is 2.22. The summed E-state index contributed by atoms with van der Waals surface area (Å²) < 4.78 is 11.1. The first kappa shape index (κ1) is 20.7. The molecule has 3 aromatic rings. The van der Waals surface area contributed by atoms with Gasteiger partial charge < -0.3 is 20.1 Å². The van der Waals surface area contributed by atoms with Crippen molar-refractivity contribution in [2.24, 2.45) is 0 Å². The van der Waals surface area contributed by atoms with E-state index >= 15 is 0 Å². The molecule has 3 N–H and O–H groups in total. The molecule has 0 aliphatic rings. The summed E-state index contributed by atoms with van der Waals surface area (Å²) in [6, 6.07) is 22.3. The average Bonchev–Trinajstić information content (AvgIpc) is 2.76. The van der Waals surface area contributed by atoms with E-state index in [-0.39, 0.29) is 11.9 Å². The minimum absolute atomic E-state index is 0.00683. The Balaban J connectivity index is 1.39. The molecule has 0 bridgehead atoms. The van der Waals surface area contributed by atoms with Gasteiger partial charge in [0.25, 0.3) is 5.91 Å². The summed E-state index contributed by atoms with van der Waals surface area (Å²) in [5, 5.41) is 7.43. The Labute approximate surface area is 172 Å². The van der Waals surface area contributed by atoms with Crippen LogP contribution in [0.1, 0.15) is 25.5 Å². The maximum atomic E-state index is 12.2. The van der Waals surface area contributed by atoms with E-state index in [1.165, 1.54) is 16.3 Å². The number of hydrogen-bond donors (Lipinski definition) is 2. The molecule has 0 heterocycles. The standard InChI is InChI=1S/C24H28N2O3/c1-3-28-20-11-13-21(14-12-20)29-16-15-25-24(27)17-26-18(2)22-10-6-8-19-7-4-5-9-23(19)22/h4-14,18,26H,3,15-17H2,1-2H3,(H,25,27)/p+1/t18-/m1/s1. The molecule has 0 aliphatic carbocycles. The van der Waals surface area contributed by atoms with E-state index in [1.807, 2.05) is 37.3 Å². The van der Waals surface area contributed by atoms with Gasteiger partial charge >= 0.3 is 0 Å². The summed E-state index contributed by atoms with van der Waals surface area (Å²) >= 11 is 0. The molecular formula is C24H29N2O3+. The van der Waals surface area contributed by atoms with E-state index in [4.69, 9.17) is 9.47 Å². The number of benzene rings is 3. The first-order valence-corrected chi connectivity index (χ1v) is 10.1. The van der Waals surface area contributed by atoms with Crippen LogP contribution in [0.3, 0.4) is 0 Å². The summed E-state index contributed by atoms with van der Waals surface area (Å²) in [5.74, 6) is 1.59. The molecule has 0 aliphatic heterocycles. The molecule has 152 valence electrons. The molecule has 1 amide bonds. The van der Waals surface area contributed by atoms with Gasteiger partial charge in [-0.15, -0.1) is 0 Å². The lowest BCUT2D eigenvalue weighted by molar-refractivity contribution is -0.682. The molecule has 0 unspecified atom stereocenters. The molecule has 3 aromatic carbocycles. The first-order valence-electron chi connectivity index (χ1n) is 10.1. The van der Waals surface area contributed by atoms with Crippen molar-refractivity contribution in [3.63, 3.8) is 0 Å². The molecule has 5 heteroatoms. The summed E-state index contributed by atoms with van der Waals surface area (Å²) in [6.07, 6.45) is 0. The molecule has 0 aromatic heterocycles. The molecule has 3 rings (SSSR count). The largest absolute Gasteiger partial charge is 0.494 e. The number of amides is 1. The van der Waals surface area contributed by atoms with Crippen molar-refractivity contribution in [1.29, 1.82) is 0 Å². The fraction of sp³-hybridized carbons (Fsp3) is 0.292. The van der Waals surface area contributed by atoms with Crippen LogP contribution in [0.4, 0.5) is 0 Å². The molecule has 29 heavy (non-hydrogen) atoms. The lowest BCUT2D eigenvalue weighted by Crippen LogP contribution is -2.87. The van der Waals surface area contributed by atoms with E-state index < -0.39 is 0 Å². The average molecular weight is 394 g/mol. The normalized spacial score (nSPS) is 11.8. The van der Waals surface area contributed by atoms with Gasteiger partial charge in [-0.1, -0.05) is 42.5 Å². The van der Waals surface area contributed by atoms with Crippen molar-refractivity contribution >= 4 is 16.7 Å². The zero-order valence-electron chi connectivity index (χ0n) is 17.1. The third-order valence-electron chi connectivity index (χ3n) is 4.80. The third kappa shape index (κ3) is 5.96. The smallest absolute Gasteiger partial charge is 0.275 e.